The first kappa shape index (κ1) is 13.4. The highest BCUT2D eigenvalue weighted by molar-refractivity contribution is 4.68. The van der Waals surface area contributed by atoms with E-state index in [0.717, 1.165) is 25.0 Å². The van der Waals surface area contributed by atoms with Crippen LogP contribution in [-0.2, 0) is 4.74 Å². The molecule has 100 valence electrons. The molecule has 17 heavy (non-hydrogen) atoms. The molecule has 1 N–H and O–H groups in total. The minimum Gasteiger partial charge on any atom is -0.381 e. The zero-order valence-corrected chi connectivity index (χ0v) is 11.3. The van der Waals surface area contributed by atoms with E-state index >= 15 is 0 Å². The molecule has 2 heteroatoms. The summed E-state index contributed by atoms with van der Waals surface area (Å²) in [6, 6.07) is 0. The second kappa shape index (κ2) is 8.10. The lowest BCUT2D eigenvalue weighted by atomic mass is 9.95. The van der Waals surface area contributed by atoms with E-state index in [9.17, 15) is 0 Å². The molecular formula is C15H29NO. The van der Waals surface area contributed by atoms with Gasteiger partial charge in [0.25, 0.3) is 0 Å². The van der Waals surface area contributed by atoms with Crippen molar-refractivity contribution in [1.29, 1.82) is 0 Å². The number of hydrogen-bond donors (Lipinski definition) is 1. The van der Waals surface area contributed by atoms with Crippen LogP contribution in [0.5, 0.6) is 0 Å². The van der Waals surface area contributed by atoms with Gasteiger partial charge in [0.1, 0.15) is 0 Å². The minimum absolute atomic E-state index is 0.866. The quantitative estimate of drug-likeness (QED) is 0.587. The van der Waals surface area contributed by atoms with Gasteiger partial charge >= 0.3 is 0 Å². The van der Waals surface area contributed by atoms with Crippen molar-refractivity contribution in [3.05, 3.63) is 0 Å². The van der Waals surface area contributed by atoms with Crippen LogP contribution in [0.2, 0.25) is 0 Å². The van der Waals surface area contributed by atoms with Crippen LogP contribution in [0.1, 0.15) is 57.8 Å². The highest BCUT2D eigenvalue weighted by Crippen LogP contribution is 2.23. The van der Waals surface area contributed by atoms with Crippen LogP contribution in [0, 0.1) is 11.8 Å². The van der Waals surface area contributed by atoms with Gasteiger partial charge in [-0.1, -0.05) is 25.7 Å². The molecule has 1 heterocycles. The fourth-order valence-electron chi connectivity index (χ4n) is 3.20. The smallest absolute Gasteiger partial charge is 0.0494 e. The summed E-state index contributed by atoms with van der Waals surface area (Å²) in [5.41, 5.74) is 0. The molecule has 0 radical (unpaired) electrons. The Morgan fingerprint density at radius 1 is 0.824 bits per heavy atom. The first-order chi connectivity index (χ1) is 8.45. The van der Waals surface area contributed by atoms with E-state index in [1.54, 1.807) is 0 Å². The van der Waals surface area contributed by atoms with Gasteiger partial charge in [0, 0.05) is 13.2 Å². The largest absolute Gasteiger partial charge is 0.381 e. The zero-order valence-electron chi connectivity index (χ0n) is 11.3. The monoisotopic (exact) mass is 239 g/mol. The normalized spacial score (nSPS) is 24.7. The summed E-state index contributed by atoms with van der Waals surface area (Å²) >= 11 is 0. The molecule has 1 aliphatic carbocycles. The van der Waals surface area contributed by atoms with E-state index in [-0.39, 0.29) is 0 Å². The predicted molar refractivity (Wildman–Crippen MR) is 72.2 cm³/mol. The maximum absolute atomic E-state index is 5.91. The third-order valence-corrected chi connectivity index (χ3v) is 4.46. The van der Waals surface area contributed by atoms with Crippen LogP contribution in [0.25, 0.3) is 0 Å². The summed E-state index contributed by atoms with van der Waals surface area (Å²) in [6.07, 6.45) is 12.6. The van der Waals surface area contributed by atoms with Crippen LogP contribution in [0.3, 0.4) is 0 Å². The number of piperidine rings is 1. The van der Waals surface area contributed by atoms with Crippen molar-refractivity contribution in [2.45, 2.75) is 57.8 Å². The lowest BCUT2D eigenvalue weighted by molar-refractivity contribution is 0.0804. The molecule has 0 aromatic rings. The van der Waals surface area contributed by atoms with Crippen LogP contribution < -0.4 is 5.32 Å². The van der Waals surface area contributed by atoms with Gasteiger partial charge in [-0.15, -0.1) is 0 Å². The molecule has 2 nitrogen and oxygen atoms in total. The predicted octanol–water partition coefficient (Wildman–Crippen LogP) is 3.36. The van der Waals surface area contributed by atoms with Gasteiger partial charge in [0.15, 0.2) is 0 Å². The summed E-state index contributed by atoms with van der Waals surface area (Å²) in [5.74, 6) is 1.79. The summed E-state index contributed by atoms with van der Waals surface area (Å²) in [7, 11) is 0. The highest BCUT2D eigenvalue weighted by atomic mass is 16.5. The molecule has 1 aliphatic heterocycles. The Hall–Kier alpha value is -0.0800. The molecule has 0 spiro atoms. The van der Waals surface area contributed by atoms with Gasteiger partial charge in [0.05, 0.1) is 0 Å². The fraction of sp³-hybridized carbons (Fsp3) is 1.00. The van der Waals surface area contributed by atoms with Crippen molar-refractivity contribution >= 4 is 0 Å². The van der Waals surface area contributed by atoms with Gasteiger partial charge in [-0.3, -0.25) is 0 Å². The average molecular weight is 239 g/mol. The average Bonchev–Trinajstić information content (AvgIpc) is 2.65. The topological polar surface area (TPSA) is 21.3 Å². The van der Waals surface area contributed by atoms with Gasteiger partial charge in [-0.25, -0.2) is 0 Å². The molecule has 0 aromatic carbocycles. The Balaban J connectivity index is 1.49. The first-order valence-corrected chi connectivity index (χ1v) is 7.73. The third kappa shape index (κ3) is 5.39. The fourth-order valence-corrected chi connectivity index (χ4v) is 3.20. The molecule has 1 saturated carbocycles. The first-order valence-electron chi connectivity index (χ1n) is 7.73. The van der Waals surface area contributed by atoms with Crippen molar-refractivity contribution in [3.8, 4) is 0 Å². The second-order valence-corrected chi connectivity index (χ2v) is 5.91. The van der Waals surface area contributed by atoms with Crippen molar-refractivity contribution in [3.63, 3.8) is 0 Å². The molecule has 0 atom stereocenters. The standard InChI is InChI=1S/C15H29NO/c1-2-4-6-15(5-3-1)13-17-12-9-14-7-10-16-11-8-14/h14-16H,1-13H2. The highest BCUT2D eigenvalue weighted by Gasteiger charge is 2.14. The van der Waals surface area contributed by atoms with Crippen molar-refractivity contribution < 1.29 is 4.74 Å². The maximum atomic E-state index is 5.91. The summed E-state index contributed by atoms with van der Waals surface area (Å²) < 4.78 is 5.91. The number of nitrogens with one attached hydrogen (secondary N) is 1. The Labute approximate surface area is 107 Å². The number of rotatable bonds is 5. The molecule has 0 aromatic heterocycles. The molecular weight excluding hydrogens is 210 g/mol. The van der Waals surface area contributed by atoms with Gasteiger partial charge < -0.3 is 10.1 Å². The van der Waals surface area contributed by atoms with Gasteiger partial charge in [0.2, 0.25) is 0 Å². The van der Waals surface area contributed by atoms with Crippen molar-refractivity contribution in [2.75, 3.05) is 26.3 Å². The Morgan fingerprint density at radius 2 is 1.53 bits per heavy atom. The van der Waals surface area contributed by atoms with Crippen molar-refractivity contribution in [1.82, 2.24) is 5.32 Å². The summed E-state index contributed by atoms with van der Waals surface area (Å²) in [6.45, 7) is 4.46. The van der Waals surface area contributed by atoms with Gasteiger partial charge in [-0.05, 0) is 57.0 Å². The van der Waals surface area contributed by atoms with Crippen LogP contribution in [0.15, 0.2) is 0 Å². The second-order valence-electron chi connectivity index (χ2n) is 5.91. The van der Waals surface area contributed by atoms with E-state index < -0.39 is 0 Å². The maximum Gasteiger partial charge on any atom is 0.0494 e. The third-order valence-electron chi connectivity index (χ3n) is 4.46. The molecule has 0 bridgehead atoms. The minimum atomic E-state index is 0.866. The molecule has 0 amide bonds. The van der Waals surface area contributed by atoms with E-state index in [0.29, 0.717) is 0 Å². The van der Waals surface area contributed by atoms with E-state index in [4.69, 9.17) is 4.74 Å². The molecule has 2 fully saturated rings. The lowest BCUT2D eigenvalue weighted by Crippen LogP contribution is -2.28. The van der Waals surface area contributed by atoms with Crippen LogP contribution in [-0.4, -0.2) is 26.3 Å². The van der Waals surface area contributed by atoms with Crippen molar-refractivity contribution in [2.24, 2.45) is 11.8 Å². The number of hydrogen-bond acceptors (Lipinski definition) is 2. The Bertz CT molecular complexity index is 181. The Kier molecular flexibility index (Phi) is 6.36. The number of ether oxygens (including phenoxy) is 1. The molecule has 2 aliphatic rings. The van der Waals surface area contributed by atoms with E-state index in [2.05, 4.69) is 5.32 Å². The van der Waals surface area contributed by atoms with E-state index in [1.807, 2.05) is 0 Å². The zero-order chi connectivity index (χ0) is 11.8. The molecule has 1 saturated heterocycles. The van der Waals surface area contributed by atoms with Crippen LogP contribution >= 0.6 is 0 Å². The molecule has 2 rings (SSSR count). The lowest BCUT2D eigenvalue weighted by Gasteiger charge is -2.22. The Morgan fingerprint density at radius 3 is 2.24 bits per heavy atom. The molecule has 0 unspecified atom stereocenters. The van der Waals surface area contributed by atoms with Gasteiger partial charge in [-0.2, -0.15) is 0 Å². The summed E-state index contributed by atoms with van der Waals surface area (Å²) in [5, 5.41) is 3.42. The SMILES string of the molecule is C1CCCC(COCCC2CCNCC2)CC1. The van der Waals surface area contributed by atoms with E-state index in [1.165, 1.54) is 70.9 Å². The summed E-state index contributed by atoms with van der Waals surface area (Å²) in [4.78, 5) is 0. The van der Waals surface area contributed by atoms with Crippen LogP contribution in [0.4, 0.5) is 0 Å².